The number of nitrogens with one attached hydrogen (secondary N) is 5. The van der Waals surface area contributed by atoms with E-state index < -0.39 is 59.8 Å². The van der Waals surface area contributed by atoms with Crippen LogP contribution in [-0.2, 0) is 49.7 Å². The fraction of sp³-hybridized carbons (Fsp3) is 0.286. The highest BCUT2D eigenvalue weighted by Crippen LogP contribution is 2.43. The van der Waals surface area contributed by atoms with Gasteiger partial charge in [-0.15, -0.1) is 0 Å². The highest BCUT2D eigenvalue weighted by Gasteiger charge is 2.53. The first-order valence-electron chi connectivity index (χ1n) is 18.2. The zero-order valence-electron chi connectivity index (χ0n) is 29.2. The van der Waals surface area contributed by atoms with Crippen molar-refractivity contribution in [3.05, 3.63) is 143 Å². The molecular weight excluding hydrogens is 668 g/mol. The van der Waals surface area contributed by atoms with Gasteiger partial charge in [0.1, 0.15) is 12.1 Å². The number of hydroxylamine groups is 2. The van der Waals surface area contributed by atoms with Gasteiger partial charge in [0, 0.05) is 43.0 Å². The Morgan fingerprint density at radius 2 is 1.28 bits per heavy atom. The van der Waals surface area contributed by atoms with Crippen LogP contribution in [0.15, 0.2) is 115 Å². The maximum atomic E-state index is 14.7. The molecule has 6 atom stereocenters. The van der Waals surface area contributed by atoms with E-state index >= 15 is 0 Å². The summed E-state index contributed by atoms with van der Waals surface area (Å²) >= 11 is 0. The molecule has 270 valence electrons. The van der Waals surface area contributed by atoms with Crippen molar-refractivity contribution in [1.82, 2.24) is 31.3 Å². The molecule has 4 heterocycles. The number of benzene rings is 4. The number of aromatic amines is 1. The minimum atomic E-state index is -1.16. The number of H-pyrrole nitrogens is 1. The highest BCUT2D eigenvalue weighted by atomic mass is 16.7. The van der Waals surface area contributed by atoms with Gasteiger partial charge in [-0.3, -0.25) is 24.0 Å². The molecule has 4 aromatic carbocycles. The Bertz CT molecular complexity index is 2120. The molecule has 0 bridgehead atoms. The van der Waals surface area contributed by atoms with Gasteiger partial charge >= 0.3 is 0 Å². The maximum Gasteiger partial charge on any atom is 0.252 e. The Balaban J connectivity index is 1.18. The van der Waals surface area contributed by atoms with Gasteiger partial charge in [0.2, 0.25) is 17.7 Å². The maximum absolute atomic E-state index is 14.7. The number of amides is 4. The van der Waals surface area contributed by atoms with Crippen molar-refractivity contribution in [2.75, 3.05) is 13.1 Å². The van der Waals surface area contributed by atoms with E-state index in [0.29, 0.717) is 19.4 Å². The predicted molar refractivity (Wildman–Crippen MR) is 199 cm³/mol. The van der Waals surface area contributed by atoms with Crippen LogP contribution in [-0.4, -0.2) is 71.0 Å². The lowest BCUT2D eigenvalue weighted by molar-refractivity contribution is -0.177. The number of aromatic nitrogens is 1. The third-order valence-corrected chi connectivity index (χ3v) is 10.6. The molecule has 0 radical (unpaired) electrons. The molecule has 11 heteroatoms. The first kappa shape index (κ1) is 34.3. The van der Waals surface area contributed by atoms with Crippen LogP contribution in [0.4, 0.5) is 0 Å². The molecule has 0 aliphatic carbocycles. The van der Waals surface area contributed by atoms with E-state index in [2.05, 4.69) is 26.3 Å². The largest absolute Gasteiger partial charge is 0.361 e. The van der Waals surface area contributed by atoms with Crippen molar-refractivity contribution in [3.63, 3.8) is 0 Å². The number of rotatable bonds is 6. The van der Waals surface area contributed by atoms with Gasteiger partial charge in [0.25, 0.3) is 5.91 Å². The second-order valence-electron chi connectivity index (χ2n) is 14.1. The zero-order valence-corrected chi connectivity index (χ0v) is 29.2. The number of fused-ring (bicyclic) bond motifs is 6. The van der Waals surface area contributed by atoms with Crippen LogP contribution in [0, 0.1) is 5.92 Å². The average molecular weight is 711 g/mol. The summed E-state index contributed by atoms with van der Waals surface area (Å²) in [6, 6.07) is 31.8. The second-order valence-corrected chi connectivity index (χ2v) is 14.1. The van der Waals surface area contributed by atoms with E-state index in [1.807, 2.05) is 115 Å². The summed E-state index contributed by atoms with van der Waals surface area (Å²) < 4.78 is 0. The van der Waals surface area contributed by atoms with Crippen LogP contribution in [0.5, 0.6) is 0 Å². The Morgan fingerprint density at radius 3 is 2.08 bits per heavy atom. The van der Waals surface area contributed by atoms with Crippen LogP contribution < -0.4 is 21.3 Å². The summed E-state index contributed by atoms with van der Waals surface area (Å²) in [5.74, 6) is -2.79. The molecule has 4 amide bonds. The average Bonchev–Trinajstić information content (AvgIpc) is 3.79. The van der Waals surface area contributed by atoms with Gasteiger partial charge in [-0.25, -0.2) is 0 Å². The minimum absolute atomic E-state index is 0.0874. The van der Waals surface area contributed by atoms with Crippen LogP contribution >= 0.6 is 0 Å². The topological polar surface area (TPSA) is 145 Å². The van der Waals surface area contributed by atoms with E-state index in [-0.39, 0.29) is 19.4 Å². The van der Waals surface area contributed by atoms with Crippen LogP contribution in [0.2, 0.25) is 0 Å². The number of carbonyl (C=O) groups is 4. The van der Waals surface area contributed by atoms with Gasteiger partial charge in [-0.05, 0) is 46.7 Å². The van der Waals surface area contributed by atoms with Crippen molar-refractivity contribution in [2.24, 2.45) is 5.92 Å². The summed E-state index contributed by atoms with van der Waals surface area (Å²) in [6.45, 7) is 0.590. The minimum Gasteiger partial charge on any atom is -0.361 e. The van der Waals surface area contributed by atoms with Crippen molar-refractivity contribution < 1.29 is 24.0 Å². The molecule has 3 aliphatic heterocycles. The van der Waals surface area contributed by atoms with Gasteiger partial charge in [-0.2, -0.15) is 5.06 Å². The SMILES string of the molecule is O=C1N[C@@H](Cc2c[nH]c3ccccc23)C(=O)N[C@@H](Cc2ccccc2)C(=O)N[C@H](Cc2ccccc2)CNC(=O)[C@@H]2ON3CCc4ccccc4[C@H]3[C@H]12. The third-order valence-electron chi connectivity index (χ3n) is 10.6. The summed E-state index contributed by atoms with van der Waals surface area (Å²) in [6.07, 6.45) is 2.18. The smallest absolute Gasteiger partial charge is 0.252 e. The number of para-hydroxylation sites is 1. The number of hydrogen-bond donors (Lipinski definition) is 5. The van der Waals surface area contributed by atoms with E-state index in [4.69, 9.17) is 4.84 Å². The molecule has 5 aromatic rings. The molecule has 11 nitrogen and oxygen atoms in total. The normalized spacial score (nSPS) is 25.2. The lowest BCUT2D eigenvalue weighted by Crippen LogP contribution is -2.59. The van der Waals surface area contributed by atoms with Gasteiger partial charge < -0.3 is 26.3 Å². The highest BCUT2D eigenvalue weighted by molar-refractivity contribution is 5.96. The van der Waals surface area contributed by atoms with Crippen LogP contribution in [0.25, 0.3) is 10.9 Å². The first-order valence-corrected chi connectivity index (χ1v) is 18.2. The predicted octanol–water partition coefficient (Wildman–Crippen LogP) is 3.31. The molecule has 53 heavy (non-hydrogen) atoms. The molecule has 8 rings (SSSR count). The first-order chi connectivity index (χ1) is 25.9. The van der Waals surface area contributed by atoms with Crippen molar-refractivity contribution in [3.8, 4) is 0 Å². The second kappa shape index (κ2) is 15.1. The molecule has 2 saturated heterocycles. The molecule has 3 aliphatic rings. The fourth-order valence-electron chi connectivity index (χ4n) is 7.96. The Morgan fingerprint density at radius 1 is 0.642 bits per heavy atom. The van der Waals surface area contributed by atoms with Crippen LogP contribution in [0.1, 0.15) is 33.9 Å². The Kier molecular flexibility index (Phi) is 9.75. The number of hydrogen-bond acceptors (Lipinski definition) is 6. The summed E-state index contributed by atoms with van der Waals surface area (Å²) in [7, 11) is 0. The number of nitrogens with zero attached hydrogens (tertiary/aromatic N) is 1. The van der Waals surface area contributed by atoms with Gasteiger partial charge in [0.05, 0.1) is 18.0 Å². The Hall–Kier alpha value is -5.78. The standard InChI is InChI=1S/C42H42N6O5/c49-39-34(22-27-13-5-2-6-14-27)46-40(50)35(23-29-24-43-33-18-10-9-16-31(29)33)47-41(51)36-37-32-17-8-7-15-28(32)19-20-48(37)53-38(36)42(52)44-25-30(45-39)21-26-11-3-1-4-12-26/h1-18,24,30,34-38,43H,19-23,25H2,(H,44,52)(H,45,49)(H,46,50)(H,47,51)/t30-,34+,35+,36+,37+,38-/m1/s1. The molecule has 1 aromatic heterocycles. The lowest BCUT2D eigenvalue weighted by atomic mass is 9.83. The van der Waals surface area contributed by atoms with E-state index in [1.165, 1.54) is 0 Å². The zero-order chi connectivity index (χ0) is 36.3. The molecule has 0 unspecified atom stereocenters. The summed E-state index contributed by atoms with van der Waals surface area (Å²) in [5.41, 5.74) is 5.57. The van der Waals surface area contributed by atoms with Gasteiger partial charge in [-0.1, -0.05) is 103 Å². The Labute approximate surface area is 307 Å². The molecule has 0 saturated carbocycles. The summed E-state index contributed by atoms with van der Waals surface area (Å²) in [4.78, 5) is 67.1. The fourth-order valence-corrected chi connectivity index (χ4v) is 7.96. The van der Waals surface area contributed by atoms with Crippen LogP contribution in [0.3, 0.4) is 0 Å². The van der Waals surface area contributed by atoms with Crippen molar-refractivity contribution in [2.45, 2.75) is 56.0 Å². The lowest BCUT2D eigenvalue weighted by Gasteiger charge is -2.32. The monoisotopic (exact) mass is 710 g/mol. The van der Waals surface area contributed by atoms with E-state index in [9.17, 15) is 19.2 Å². The van der Waals surface area contributed by atoms with Crippen molar-refractivity contribution >= 4 is 34.5 Å². The summed E-state index contributed by atoms with van der Waals surface area (Å²) in [5, 5.41) is 14.9. The molecular formula is C42H42N6O5. The molecule has 0 spiro atoms. The van der Waals surface area contributed by atoms with Gasteiger partial charge in [0.15, 0.2) is 6.10 Å². The van der Waals surface area contributed by atoms with E-state index in [0.717, 1.165) is 38.7 Å². The van der Waals surface area contributed by atoms with E-state index in [1.54, 1.807) is 5.06 Å². The quantitative estimate of drug-likeness (QED) is 0.183. The van der Waals surface area contributed by atoms with Crippen molar-refractivity contribution in [1.29, 1.82) is 0 Å². The molecule has 2 fully saturated rings. The number of carbonyl (C=O) groups excluding carboxylic acids is 4. The molecule has 5 N–H and O–H groups in total. The third kappa shape index (κ3) is 7.31.